The number of benzene rings is 4. The third-order valence-corrected chi connectivity index (χ3v) is 8.07. The van der Waals surface area contributed by atoms with E-state index in [4.69, 9.17) is 37.4 Å². The summed E-state index contributed by atoms with van der Waals surface area (Å²) in [5.74, 6) is 0.291. The Morgan fingerprint density at radius 1 is 0.911 bits per heavy atom. The van der Waals surface area contributed by atoms with Gasteiger partial charge in [0.25, 0.3) is 11.8 Å². The van der Waals surface area contributed by atoms with Crippen molar-refractivity contribution in [2.75, 3.05) is 7.11 Å². The molecule has 0 radical (unpaired) electrons. The minimum absolute atomic E-state index is 0.228. The van der Waals surface area contributed by atoms with Gasteiger partial charge in [-0.25, -0.2) is 5.43 Å². The van der Waals surface area contributed by atoms with E-state index in [2.05, 4.69) is 47.7 Å². The molecule has 0 aliphatic carbocycles. The summed E-state index contributed by atoms with van der Waals surface area (Å²) < 4.78 is 18.9. The Labute approximate surface area is 288 Å². The van der Waals surface area contributed by atoms with Crippen LogP contribution in [-0.2, 0) is 22.6 Å². The molecule has 0 unspecified atom stereocenters. The van der Waals surface area contributed by atoms with Gasteiger partial charge in [-0.1, -0.05) is 81.6 Å². The number of hydrazone groups is 1. The van der Waals surface area contributed by atoms with Crippen LogP contribution in [0.3, 0.4) is 0 Å². The number of amides is 2. The first-order valence-electron chi connectivity index (χ1n) is 13.7. The minimum Gasteiger partial charge on any atom is -0.493 e. The first-order chi connectivity index (χ1) is 21.6. The molecular weight excluding hydrogens is 749 g/mol. The highest BCUT2D eigenvalue weighted by Crippen LogP contribution is 2.37. The summed E-state index contributed by atoms with van der Waals surface area (Å²) in [4.78, 5) is 26.3. The first kappa shape index (κ1) is 34.3. The largest absolute Gasteiger partial charge is 0.493 e. The van der Waals surface area contributed by atoms with E-state index in [1.807, 2.05) is 54.6 Å². The van der Waals surface area contributed by atoms with Crippen molar-refractivity contribution in [2.45, 2.75) is 32.1 Å². The van der Waals surface area contributed by atoms with Gasteiger partial charge >= 0.3 is 0 Å². The standard InChI is InChI=1S/C33H29Br2Cl2N3O5/c1-20(45-29-13-12-25(36)17-27(29)37)32(41)39-28(15-21-6-4-3-5-7-21)33(42)40-38-18-23-14-26(35)31(30(16-23)43-2)44-19-22-8-10-24(34)11-9-22/h3-14,16-18,20,28H,15,19H2,1-2H3,(H,39,41)(H,40,42)/b38-18-/t20-,28-/m0/s1. The van der Waals surface area contributed by atoms with Crippen LogP contribution in [0.1, 0.15) is 23.6 Å². The van der Waals surface area contributed by atoms with Gasteiger partial charge in [0.2, 0.25) is 0 Å². The number of carbonyl (C=O) groups is 2. The quantitative estimate of drug-likeness (QED) is 0.107. The number of methoxy groups -OCH3 is 1. The van der Waals surface area contributed by atoms with Crippen LogP contribution < -0.4 is 25.0 Å². The Morgan fingerprint density at radius 3 is 2.33 bits per heavy atom. The van der Waals surface area contributed by atoms with Crippen LogP contribution in [-0.4, -0.2) is 37.3 Å². The van der Waals surface area contributed by atoms with E-state index in [9.17, 15) is 9.59 Å². The van der Waals surface area contributed by atoms with Crippen molar-refractivity contribution in [1.29, 1.82) is 0 Å². The summed E-state index contributed by atoms with van der Waals surface area (Å²) in [6.45, 7) is 1.91. The van der Waals surface area contributed by atoms with Crippen LogP contribution in [0.4, 0.5) is 0 Å². The molecule has 2 N–H and O–H groups in total. The molecule has 0 saturated heterocycles. The number of halogens is 4. The lowest BCUT2D eigenvalue weighted by molar-refractivity contribution is -0.132. The van der Waals surface area contributed by atoms with Gasteiger partial charge in [-0.2, -0.15) is 5.10 Å². The molecule has 0 aliphatic rings. The molecule has 45 heavy (non-hydrogen) atoms. The predicted molar refractivity (Wildman–Crippen MR) is 184 cm³/mol. The van der Waals surface area contributed by atoms with E-state index in [1.54, 1.807) is 38.3 Å². The summed E-state index contributed by atoms with van der Waals surface area (Å²) in [6, 6.07) is 24.4. The maximum absolute atomic E-state index is 13.3. The van der Waals surface area contributed by atoms with E-state index in [-0.39, 0.29) is 11.4 Å². The maximum Gasteiger partial charge on any atom is 0.262 e. The average Bonchev–Trinajstić information content (AvgIpc) is 3.02. The van der Waals surface area contributed by atoms with Crippen molar-refractivity contribution in [3.63, 3.8) is 0 Å². The van der Waals surface area contributed by atoms with Gasteiger partial charge in [-0.05, 0) is 82.0 Å². The molecule has 0 heterocycles. The Morgan fingerprint density at radius 2 is 1.64 bits per heavy atom. The van der Waals surface area contributed by atoms with Gasteiger partial charge in [0.1, 0.15) is 18.4 Å². The maximum atomic E-state index is 13.3. The topological polar surface area (TPSA) is 98.2 Å². The lowest BCUT2D eigenvalue weighted by Crippen LogP contribution is -2.50. The van der Waals surface area contributed by atoms with Gasteiger partial charge in [0, 0.05) is 15.9 Å². The Balaban J connectivity index is 1.43. The zero-order chi connectivity index (χ0) is 32.3. The van der Waals surface area contributed by atoms with Gasteiger partial charge in [-0.3, -0.25) is 9.59 Å². The number of hydrogen-bond acceptors (Lipinski definition) is 6. The molecule has 4 aromatic carbocycles. The third kappa shape index (κ3) is 10.2. The van der Waals surface area contributed by atoms with Crippen molar-refractivity contribution in [1.82, 2.24) is 10.7 Å². The number of carbonyl (C=O) groups excluding carboxylic acids is 2. The van der Waals surface area contributed by atoms with Crippen molar-refractivity contribution in [3.05, 3.63) is 121 Å². The van der Waals surface area contributed by atoms with Crippen LogP contribution in [0, 0.1) is 0 Å². The summed E-state index contributed by atoms with van der Waals surface area (Å²) in [7, 11) is 1.54. The summed E-state index contributed by atoms with van der Waals surface area (Å²) in [6.07, 6.45) is 0.749. The lowest BCUT2D eigenvalue weighted by Gasteiger charge is -2.21. The molecule has 0 aliphatic heterocycles. The Hall–Kier alpha value is -3.57. The van der Waals surface area contributed by atoms with Crippen LogP contribution in [0.5, 0.6) is 17.2 Å². The normalized spacial score (nSPS) is 12.3. The average molecular weight is 778 g/mol. The monoisotopic (exact) mass is 775 g/mol. The fourth-order valence-electron chi connectivity index (χ4n) is 4.10. The molecule has 2 amide bonds. The van der Waals surface area contributed by atoms with E-state index in [0.717, 1.165) is 15.6 Å². The van der Waals surface area contributed by atoms with Crippen LogP contribution in [0.25, 0.3) is 0 Å². The zero-order valence-electron chi connectivity index (χ0n) is 24.2. The van der Waals surface area contributed by atoms with Crippen LogP contribution >= 0.6 is 55.1 Å². The highest BCUT2D eigenvalue weighted by atomic mass is 79.9. The van der Waals surface area contributed by atoms with Gasteiger partial charge < -0.3 is 19.5 Å². The number of nitrogens with zero attached hydrogens (tertiary/aromatic N) is 1. The summed E-state index contributed by atoms with van der Waals surface area (Å²) in [5, 5.41) is 7.60. The summed E-state index contributed by atoms with van der Waals surface area (Å²) >= 11 is 19.1. The number of rotatable bonds is 13. The Bertz CT molecular complexity index is 1660. The second kappa shape index (κ2) is 16.7. The molecule has 0 saturated carbocycles. The van der Waals surface area contributed by atoms with Crippen LogP contribution in [0.2, 0.25) is 10.0 Å². The zero-order valence-corrected chi connectivity index (χ0v) is 28.9. The molecule has 12 heteroatoms. The second-order valence-electron chi connectivity index (χ2n) is 9.77. The Kier molecular flexibility index (Phi) is 12.7. The molecular formula is C33H29Br2Cl2N3O5. The van der Waals surface area contributed by atoms with Gasteiger partial charge in [0.05, 0.1) is 22.8 Å². The molecule has 0 bridgehead atoms. The van der Waals surface area contributed by atoms with E-state index in [0.29, 0.717) is 38.9 Å². The lowest BCUT2D eigenvalue weighted by atomic mass is 10.1. The molecule has 2 atom stereocenters. The van der Waals surface area contributed by atoms with Crippen molar-refractivity contribution < 1.29 is 23.8 Å². The smallest absolute Gasteiger partial charge is 0.262 e. The van der Waals surface area contributed by atoms with Crippen LogP contribution in [0.15, 0.2) is 99.0 Å². The fourth-order valence-corrected chi connectivity index (χ4v) is 5.39. The van der Waals surface area contributed by atoms with Gasteiger partial charge in [0.15, 0.2) is 17.6 Å². The first-order valence-corrected chi connectivity index (χ1v) is 16.0. The fraction of sp³-hybridized carbons (Fsp3) is 0.182. The minimum atomic E-state index is -0.951. The summed E-state index contributed by atoms with van der Waals surface area (Å²) in [5.41, 5.74) is 5.01. The molecule has 4 aromatic rings. The number of hydrogen-bond donors (Lipinski definition) is 2. The molecule has 0 aromatic heterocycles. The van der Waals surface area contributed by atoms with E-state index < -0.39 is 24.0 Å². The van der Waals surface area contributed by atoms with Crippen molar-refractivity contribution >= 4 is 73.1 Å². The SMILES string of the molecule is COc1cc(/C=N\NC(=O)[C@H](Cc2ccccc2)NC(=O)[C@H](C)Oc2ccc(Cl)cc2Cl)cc(Br)c1OCc1ccc(Br)cc1. The highest BCUT2D eigenvalue weighted by molar-refractivity contribution is 9.10. The highest BCUT2D eigenvalue weighted by Gasteiger charge is 2.25. The number of nitrogens with one attached hydrogen (secondary N) is 2. The van der Waals surface area contributed by atoms with E-state index in [1.165, 1.54) is 12.3 Å². The predicted octanol–water partition coefficient (Wildman–Crippen LogP) is 7.75. The van der Waals surface area contributed by atoms with Crippen molar-refractivity contribution in [3.8, 4) is 17.2 Å². The van der Waals surface area contributed by atoms with Gasteiger partial charge in [-0.15, -0.1) is 0 Å². The number of ether oxygens (including phenoxy) is 3. The molecule has 0 spiro atoms. The third-order valence-electron chi connectivity index (χ3n) is 6.42. The second-order valence-corrected chi connectivity index (χ2v) is 12.4. The molecule has 4 rings (SSSR count). The molecule has 8 nitrogen and oxygen atoms in total. The molecule has 0 fully saturated rings. The van der Waals surface area contributed by atoms with Crippen molar-refractivity contribution in [2.24, 2.45) is 5.10 Å². The van der Waals surface area contributed by atoms with E-state index >= 15 is 0 Å². The molecule has 234 valence electrons.